The molecule has 0 spiro atoms. The van der Waals surface area contributed by atoms with Gasteiger partial charge < -0.3 is 15.2 Å². The van der Waals surface area contributed by atoms with Gasteiger partial charge in [-0.3, -0.25) is 0 Å². The Labute approximate surface area is 104 Å². The summed E-state index contributed by atoms with van der Waals surface area (Å²) in [6.45, 7) is 2.89. The monoisotopic (exact) mass is 255 g/mol. The molecule has 0 atom stereocenters. The molecule has 0 amide bonds. The van der Waals surface area contributed by atoms with Gasteiger partial charge in [-0.1, -0.05) is 0 Å². The second-order valence-corrected chi connectivity index (χ2v) is 4.24. The number of carbonyl (C=O) groups excluding carboxylic acids is 1. The van der Waals surface area contributed by atoms with E-state index in [0.29, 0.717) is 0 Å². The Morgan fingerprint density at radius 1 is 1.39 bits per heavy atom. The molecule has 1 aromatic carbocycles. The van der Waals surface area contributed by atoms with E-state index in [9.17, 15) is 14.0 Å². The van der Waals surface area contributed by atoms with Crippen molar-refractivity contribution in [1.82, 2.24) is 0 Å². The molecule has 98 valence electrons. The topological polar surface area (TPSA) is 75.6 Å². The molecule has 0 fully saturated rings. The lowest BCUT2D eigenvalue weighted by Crippen LogP contribution is -2.39. The van der Waals surface area contributed by atoms with E-state index in [2.05, 4.69) is 10.1 Å². The SMILES string of the molecule is COC(=O)c1ccc(NC(C)(C)C(=O)O)cc1F. The predicted molar refractivity (Wildman–Crippen MR) is 63.1 cm³/mol. The third-order valence-corrected chi connectivity index (χ3v) is 2.37. The number of carboxylic acids is 1. The van der Waals surface area contributed by atoms with Crippen LogP contribution in [-0.4, -0.2) is 29.7 Å². The molecule has 6 heteroatoms. The number of methoxy groups -OCH3 is 1. The Morgan fingerprint density at radius 3 is 2.44 bits per heavy atom. The van der Waals surface area contributed by atoms with Gasteiger partial charge in [-0.2, -0.15) is 0 Å². The number of carboxylic acid groups (broad SMARTS) is 1. The number of halogens is 1. The fourth-order valence-electron chi connectivity index (χ4n) is 1.28. The van der Waals surface area contributed by atoms with Gasteiger partial charge in [-0.25, -0.2) is 14.0 Å². The number of benzene rings is 1. The first-order valence-electron chi connectivity index (χ1n) is 5.17. The van der Waals surface area contributed by atoms with Crippen molar-refractivity contribution < 1.29 is 23.8 Å². The Balaban J connectivity index is 2.99. The minimum atomic E-state index is -1.24. The zero-order valence-electron chi connectivity index (χ0n) is 10.3. The number of ether oxygens (including phenoxy) is 1. The summed E-state index contributed by atoms with van der Waals surface area (Å²) < 4.78 is 18.0. The van der Waals surface area contributed by atoms with Gasteiger partial charge in [0.2, 0.25) is 0 Å². The van der Waals surface area contributed by atoms with Crippen molar-refractivity contribution in [2.45, 2.75) is 19.4 Å². The molecular weight excluding hydrogens is 241 g/mol. The molecule has 0 saturated heterocycles. The average Bonchev–Trinajstić information content (AvgIpc) is 2.27. The number of aliphatic carboxylic acids is 1. The van der Waals surface area contributed by atoms with Crippen LogP contribution in [0, 0.1) is 5.82 Å². The van der Waals surface area contributed by atoms with Crippen LogP contribution in [0.1, 0.15) is 24.2 Å². The van der Waals surface area contributed by atoms with E-state index >= 15 is 0 Å². The predicted octanol–water partition coefficient (Wildman–Crippen LogP) is 1.89. The Bertz CT molecular complexity index is 485. The summed E-state index contributed by atoms with van der Waals surface area (Å²) in [6, 6.07) is 3.71. The highest BCUT2D eigenvalue weighted by Gasteiger charge is 2.27. The van der Waals surface area contributed by atoms with Gasteiger partial charge in [0.05, 0.1) is 12.7 Å². The summed E-state index contributed by atoms with van der Waals surface area (Å²) in [4.78, 5) is 22.1. The molecule has 0 radical (unpaired) electrons. The van der Waals surface area contributed by atoms with Crippen LogP contribution in [0.25, 0.3) is 0 Å². The van der Waals surface area contributed by atoms with Gasteiger partial charge in [-0.05, 0) is 32.0 Å². The second-order valence-electron chi connectivity index (χ2n) is 4.24. The van der Waals surface area contributed by atoms with E-state index in [4.69, 9.17) is 5.11 Å². The van der Waals surface area contributed by atoms with Gasteiger partial charge in [0.15, 0.2) is 0 Å². The number of nitrogens with one attached hydrogen (secondary N) is 1. The third kappa shape index (κ3) is 2.97. The number of carbonyl (C=O) groups is 2. The summed E-state index contributed by atoms with van der Waals surface area (Å²) in [5.41, 5.74) is -1.16. The lowest BCUT2D eigenvalue weighted by Gasteiger charge is -2.22. The second kappa shape index (κ2) is 5.03. The first kappa shape index (κ1) is 14.0. The molecule has 0 aliphatic rings. The van der Waals surface area contributed by atoms with E-state index < -0.39 is 23.3 Å². The van der Waals surface area contributed by atoms with Crippen molar-refractivity contribution in [2.24, 2.45) is 0 Å². The largest absolute Gasteiger partial charge is 0.480 e. The lowest BCUT2D eigenvalue weighted by atomic mass is 10.1. The van der Waals surface area contributed by atoms with Gasteiger partial charge >= 0.3 is 11.9 Å². The molecule has 0 bridgehead atoms. The third-order valence-electron chi connectivity index (χ3n) is 2.37. The number of anilines is 1. The van der Waals surface area contributed by atoms with Crippen LogP contribution in [0.2, 0.25) is 0 Å². The maximum Gasteiger partial charge on any atom is 0.340 e. The molecule has 0 heterocycles. The molecule has 5 nitrogen and oxygen atoms in total. The minimum Gasteiger partial charge on any atom is -0.480 e. The smallest absolute Gasteiger partial charge is 0.340 e. The van der Waals surface area contributed by atoms with Crippen LogP contribution in [-0.2, 0) is 9.53 Å². The standard InChI is InChI=1S/C12H14FNO4/c1-12(2,11(16)17)14-7-4-5-8(9(13)6-7)10(15)18-3/h4-6,14H,1-3H3,(H,16,17). The van der Waals surface area contributed by atoms with Crippen molar-refractivity contribution >= 4 is 17.6 Å². The summed E-state index contributed by atoms with van der Waals surface area (Å²) in [7, 11) is 1.15. The van der Waals surface area contributed by atoms with E-state index in [-0.39, 0.29) is 11.3 Å². The van der Waals surface area contributed by atoms with Crippen molar-refractivity contribution in [3.8, 4) is 0 Å². The van der Waals surface area contributed by atoms with Gasteiger partial charge in [-0.15, -0.1) is 0 Å². The molecule has 2 N–H and O–H groups in total. The van der Waals surface area contributed by atoms with Crippen molar-refractivity contribution in [1.29, 1.82) is 0 Å². The maximum absolute atomic E-state index is 13.6. The maximum atomic E-state index is 13.6. The molecule has 0 unspecified atom stereocenters. The Kier molecular flexibility index (Phi) is 3.90. The first-order chi connectivity index (χ1) is 8.27. The van der Waals surface area contributed by atoms with Crippen LogP contribution in [0.5, 0.6) is 0 Å². The fraction of sp³-hybridized carbons (Fsp3) is 0.333. The lowest BCUT2D eigenvalue weighted by molar-refractivity contribution is -0.141. The fourth-order valence-corrected chi connectivity index (χ4v) is 1.28. The number of esters is 1. The molecule has 0 saturated carbocycles. The molecule has 0 aliphatic carbocycles. The molecule has 0 aliphatic heterocycles. The number of hydrogen-bond donors (Lipinski definition) is 2. The van der Waals surface area contributed by atoms with Gasteiger partial charge in [0, 0.05) is 5.69 Å². The van der Waals surface area contributed by atoms with Gasteiger partial charge in [0.1, 0.15) is 11.4 Å². The van der Waals surface area contributed by atoms with Crippen LogP contribution >= 0.6 is 0 Å². The van der Waals surface area contributed by atoms with Crippen molar-refractivity contribution in [2.75, 3.05) is 12.4 Å². The molecule has 0 aromatic heterocycles. The van der Waals surface area contributed by atoms with Crippen LogP contribution in [0.3, 0.4) is 0 Å². The number of hydrogen-bond acceptors (Lipinski definition) is 4. The molecule has 18 heavy (non-hydrogen) atoms. The molecular formula is C12H14FNO4. The summed E-state index contributed by atoms with van der Waals surface area (Å²) in [5.74, 6) is -2.62. The molecule has 1 aromatic rings. The molecule has 1 rings (SSSR count). The summed E-state index contributed by atoms with van der Waals surface area (Å²) in [5, 5.41) is 11.6. The zero-order valence-corrected chi connectivity index (χ0v) is 10.3. The Hall–Kier alpha value is -2.11. The minimum absolute atomic E-state index is 0.198. The highest BCUT2D eigenvalue weighted by atomic mass is 19.1. The zero-order chi connectivity index (χ0) is 13.9. The van der Waals surface area contributed by atoms with Crippen LogP contribution in [0.15, 0.2) is 18.2 Å². The highest BCUT2D eigenvalue weighted by Crippen LogP contribution is 2.19. The van der Waals surface area contributed by atoms with Crippen LogP contribution < -0.4 is 5.32 Å². The van der Waals surface area contributed by atoms with E-state index in [1.54, 1.807) is 0 Å². The van der Waals surface area contributed by atoms with Crippen molar-refractivity contribution in [3.05, 3.63) is 29.6 Å². The first-order valence-corrected chi connectivity index (χ1v) is 5.17. The summed E-state index contributed by atoms with van der Waals surface area (Å²) in [6.07, 6.45) is 0. The highest BCUT2D eigenvalue weighted by molar-refractivity contribution is 5.90. The normalized spacial score (nSPS) is 10.9. The summed E-state index contributed by atoms with van der Waals surface area (Å²) >= 11 is 0. The van der Waals surface area contributed by atoms with Crippen LogP contribution in [0.4, 0.5) is 10.1 Å². The van der Waals surface area contributed by atoms with E-state index in [1.165, 1.54) is 26.0 Å². The van der Waals surface area contributed by atoms with Gasteiger partial charge in [0.25, 0.3) is 0 Å². The van der Waals surface area contributed by atoms with E-state index in [1.807, 2.05) is 0 Å². The Morgan fingerprint density at radius 2 is 2.00 bits per heavy atom. The number of rotatable bonds is 4. The van der Waals surface area contributed by atoms with E-state index in [0.717, 1.165) is 13.2 Å². The average molecular weight is 255 g/mol. The van der Waals surface area contributed by atoms with Crippen molar-refractivity contribution in [3.63, 3.8) is 0 Å². The quantitative estimate of drug-likeness (QED) is 0.803.